The van der Waals surface area contributed by atoms with E-state index in [9.17, 15) is 4.79 Å². The number of anilines is 2. The minimum atomic E-state index is -0.325. The van der Waals surface area contributed by atoms with Crippen molar-refractivity contribution in [1.82, 2.24) is 4.98 Å². The molecular weight excluding hydrogens is 322 g/mol. The van der Waals surface area contributed by atoms with E-state index in [1.54, 1.807) is 11.1 Å². The summed E-state index contributed by atoms with van der Waals surface area (Å²) in [6.07, 6.45) is 2.38. The van der Waals surface area contributed by atoms with E-state index >= 15 is 0 Å². The molecule has 3 aromatic rings. The third-order valence-electron chi connectivity index (χ3n) is 4.76. The molecule has 1 amide bonds. The number of benzene rings is 2. The molecule has 4 heteroatoms. The lowest BCUT2D eigenvalue weighted by atomic mass is 10.1. The SMILES string of the molecule is CCc1cccc(NC2c3ncccc3C(=O)N2c2ccc(C)cc2)c1. The van der Waals surface area contributed by atoms with Crippen LogP contribution in [-0.2, 0) is 6.42 Å². The Labute approximate surface area is 153 Å². The maximum Gasteiger partial charge on any atom is 0.262 e. The topological polar surface area (TPSA) is 45.2 Å². The van der Waals surface area contributed by atoms with Gasteiger partial charge in [-0.25, -0.2) is 0 Å². The number of nitrogens with one attached hydrogen (secondary N) is 1. The van der Waals surface area contributed by atoms with Gasteiger partial charge in [-0.05, 0) is 55.3 Å². The largest absolute Gasteiger partial charge is 0.360 e. The zero-order valence-corrected chi connectivity index (χ0v) is 14.9. The monoisotopic (exact) mass is 343 g/mol. The van der Waals surface area contributed by atoms with Gasteiger partial charge in [0.05, 0.1) is 11.3 Å². The molecule has 0 fully saturated rings. The second-order valence-corrected chi connectivity index (χ2v) is 6.55. The summed E-state index contributed by atoms with van der Waals surface area (Å²) >= 11 is 0. The number of pyridine rings is 1. The molecule has 26 heavy (non-hydrogen) atoms. The van der Waals surface area contributed by atoms with Crippen molar-refractivity contribution in [3.05, 3.63) is 89.2 Å². The summed E-state index contributed by atoms with van der Waals surface area (Å²) in [5, 5.41) is 3.51. The average molecular weight is 343 g/mol. The van der Waals surface area contributed by atoms with Crippen molar-refractivity contribution in [2.75, 3.05) is 10.2 Å². The molecule has 0 saturated heterocycles. The van der Waals surface area contributed by atoms with E-state index in [2.05, 4.69) is 29.4 Å². The summed E-state index contributed by atoms with van der Waals surface area (Å²) in [6.45, 7) is 4.17. The molecular formula is C22H21N3O. The molecule has 2 aromatic carbocycles. The zero-order chi connectivity index (χ0) is 18.1. The number of carbonyl (C=O) groups excluding carboxylic acids is 1. The van der Waals surface area contributed by atoms with Gasteiger partial charge in [-0.15, -0.1) is 0 Å². The minimum Gasteiger partial charge on any atom is -0.360 e. The van der Waals surface area contributed by atoms with Gasteiger partial charge < -0.3 is 5.32 Å². The van der Waals surface area contributed by atoms with Gasteiger partial charge in [-0.2, -0.15) is 0 Å². The summed E-state index contributed by atoms with van der Waals surface area (Å²) in [7, 11) is 0. The molecule has 0 saturated carbocycles. The molecule has 1 aliphatic rings. The Morgan fingerprint density at radius 3 is 2.65 bits per heavy atom. The number of aromatic nitrogens is 1. The first-order chi connectivity index (χ1) is 12.7. The lowest BCUT2D eigenvalue weighted by Gasteiger charge is -2.27. The third-order valence-corrected chi connectivity index (χ3v) is 4.76. The number of carbonyl (C=O) groups is 1. The summed E-state index contributed by atoms with van der Waals surface area (Å²) in [5.74, 6) is -0.0268. The van der Waals surface area contributed by atoms with Crippen LogP contribution in [-0.4, -0.2) is 10.9 Å². The summed E-state index contributed by atoms with van der Waals surface area (Å²) in [5.41, 5.74) is 5.68. The molecule has 1 atom stereocenters. The molecule has 1 aromatic heterocycles. The van der Waals surface area contributed by atoms with Crippen molar-refractivity contribution in [3.8, 4) is 0 Å². The number of rotatable bonds is 4. The Bertz CT molecular complexity index is 950. The molecule has 0 spiro atoms. The van der Waals surface area contributed by atoms with Crippen molar-refractivity contribution < 1.29 is 4.79 Å². The highest BCUT2D eigenvalue weighted by atomic mass is 16.2. The molecule has 4 rings (SSSR count). The number of fused-ring (bicyclic) bond motifs is 1. The number of aryl methyl sites for hydroxylation is 2. The third kappa shape index (κ3) is 2.84. The lowest BCUT2D eigenvalue weighted by Crippen LogP contribution is -2.32. The van der Waals surface area contributed by atoms with Crippen LogP contribution >= 0.6 is 0 Å². The fraction of sp³-hybridized carbons (Fsp3) is 0.182. The molecule has 2 heterocycles. The number of hydrogen-bond acceptors (Lipinski definition) is 3. The van der Waals surface area contributed by atoms with Crippen LogP contribution in [0.1, 0.15) is 40.3 Å². The van der Waals surface area contributed by atoms with E-state index in [-0.39, 0.29) is 12.1 Å². The van der Waals surface area contributed by atoms with Crippen LogP contribution in [0.5, 0.6) is 0 Å². The molecule has 0 aliphatic carbocycles. The predicted molar refractivity (Wildman–Crippen MR) is 104 cm³/mol. The Balaban J connectivity index is 1.76. The van der Waals surface area contributed by atoms with Gasteiger partial charge in [0.1, 0.15) is 0 Å². The molecule has 1 unspecified atom stereocenters. The number of nitrogens with zero attached hydrogens (tertiary/aromatic N) is 2. The van der Waals surface area contributed by atoms with Gasteiger partial charge in [0.25, 0.3) is 5.91 Å². The minimum absolute atomic E-state index is 0.0268. The molecule has 1 N–H and O–H groups in total. The normalized spacial score (nSPS) is 15.8. The molecule has 0 bridgehead atoms. The van der Waals surface area contributed by atoms with Gasteiger partial charge >= 0.3 is 0 Å². The summed E-state index contributed by atoms with van der Waals surface area (Å²) in [4.78, 5) is 19.3. The maximum absolute atomic E-state index is 13.1. The van der Waals surface area contributed by atoms with Crippen molar-refractivity contribution in [3.63, 3.8) is 0 Å². The summed E-state index contributed by atoms with van der Waals surface area (Å²) < 4.78 is 0. The second kappa shape index (κ2) is 6.64. The smallest absolute Gasteiger partial charge is 0.262 e. The van der Waals surface area contributed by atoms with E-state index in [1.807, 2.05) is 55.5 Å². The van der Waals surface area contributed by atoms with E-state index < -0.39 is 0 Å². The van der Waals surface area contributed by atoms with Crippen molar-refractivity contribution in [2.24, 2.45) is 0 Å². The lowest BCUT2D eigenvalue weighted by molar-refractivity contribution is 0.0993. The average Bonchev–Trinajstić information content (AvgIpc) is 2.95. The Morgan fingerprint density at radius 2 is 1.88 bits per heavy atom. The van der Waals surface area contributed by atoms with Crippen LogP contribution in [0, 0.1) is 6.92 Å². The van der Waals surface area contributed by atoms with Crippen LogP contribution in [0.2, 0.25) is 0 Å². The second-order valence-electron chi connectivity index (χ2n) is 6.55. The standard InChI is InChI=1S/C22H21N3O/c1-3-16-6-4-7-17(14-16)24-21-20-19(8-5-13-23-20)22(26)25(21)18-11-9-15(2)10-12-18/h4-14,21,24H,3H2,1-2H3. The van der Waals surface area contributed by atoms with Crippen molar-refractivity contribution >= 4 is 17.3 Å². The Morgan fingerprint density at radius 1 is 1.08 bits per heavy atom. The van der Waals surface area contributed by atoms with Crippen molar-refractivity contribution in [1.29, 1.82) is 0 Å². The van der Waals surface area contributed by atoms with Crippen LogP contribution < -0.4 is 10.2 Å². The van der Waals surface area contributed by atoms with E-state index in [1.165, 1.54) is 5.56 Å². The van der Waals surface area contributed by atoms with E-state index in [0.717, 1.165) is 29.1 Å². The molecule has 0 radical (unpaired) electrons. The van der Waals surface area contributed by atoms with Gasteiger partial charge in [0.2, 0.25) is 0 Å². The predicted octanol–water partition coefficient (Wildman–Crippen LogP) is 4.72. The van der Waals surface area contributed by atoms with Crippen LogP contribution in [0.3, 0.4) is 0 Å². The van der Waals surface area contributed by atoms with Gasteiger partial charge in [-0.3, -0.25) is 14.7 Å². The van der Waals surface area contributed by atoms with Gasteiger partial charge in [-0.1, -0.05) is 36.8 Å². The molecule has 130 valence electrons. The number of amides is 1. The first kappa shape index (κ1) is 16.3. The highest BCUT2D eigenvalue weighted by Gasteiger charge is 2.38. The molecule has 1 aliphatic heterocycles. The van der Waals surface area contributed by atoms with E-state index in [4.69, 9.17) is 0 Å². The first-order valence-corrected chi connectivity index (χ1v) is 8.88. The van der Waals surface area contributed by atoms with Gasteiger partial charge in [0.15, 0.2) is 6.17 Å². The fourth-order valence-electron chi connectivity index (χ4n) is 3.33. The summed E-state index contributed by atoms with van der Waals surface area (Å²) in [6, 6.07) is 20.0. The van der Waals surface area contributed by atoms with E-state index in [0.29, 0.717) is 5.56 Å². The quantitative estimate of drug-likeness (QED) is 0.745. The Kier molecular flexibility index (Phi) is 4.17. The Hall–Kier alpha value is -3.14. The highest BCUT2D eigenvalue weighted by molar-refractivity contribution is 6.11. The van der Waals surface area contributed by atoms with Crippen LogP contribution in [0.25, 0.3) is 0 Å². The first-order valence-electron chi connectivity index (χ1n) is 8.88. The maximum atomic E-state index is 13.1. The highest BCUT2D eigenvalue weighted by Crippen LogP contribution is 2.37. The number of hydrogen-bond donors (Lipinski definition) is 1. The zero-order valence-electron chi connectivity index (χ0n) is 14.9. The van der Waals surface area contributed by atoms with Crippen LogP contribution in [0.15, 0.2) is 66.9 Å². The van der Waals surface area contributed by atoms with Crippen molar-refractivity contribution in [2.45, 2.75) is 26.4 Å². The van der Waals surface area contributed by atoms with Crippen LogP contribution in [0.4, 0.5) is 11.4 Å². The molecule has 4 nitrogen and oxygen atoms in total. The fourth-order valence-corrected chi connectivity index (χ4v) is 3.33. The van der Waals surface area contributed by atoms with Gasteiger partial charge in [0, 0.05) is 17.6 Å².